The third-order valence-electron chi connectivity index (χ3n) is 8.25. The fourth-order valence-electron chi connectivity index (χ4n) is 6.34. The van der Waals surface area contributed by atoms with Gasteiger partial charge in [-0.25, -0.2) is 4.79 Å². The van der Waals surface area contributed by atoms with E-state index >= 15 is 0 Å². The Balaban J connectivity index is 1.22. The number of thioether (sulfide) groups is 1. The van der Waals surface area contributed by atoms with Crippen molar-refractivity contribution in [3.63, 3.8) is 0 Å². The number of aryl methyl sites for hydroxylation is 1. The molecule has 3 aliphatic heterocycles. The summed E-state index contributed by atoms with van der Waals surface area (Å²) in [6, 6.07) is 14.9. The molecule has 0 spiro atoms. The Bertz CT molecular complexity index is 1350. The molecule has 0 aromatic heterocycles. The average Bonchev–Trinajstić information content (AvgIpc) is 3.55. The summed E-state index contributed by atoms with van der Waals surface area (Å²) in [4.78, 5) is 41.6. The van der Waals surface area contributed by atoms with E-state index in [9.17, 15) is 14.4 Å². The molecule has 3 fully saturated rings. The zero-order chi connectivity index (χ0) is 27.8. The molecule has 3 heterocycles. The highest BCUT2D eigenvalue weighted by atomic mass is 32.2. The fourth-order valence-corrected chi connectivity index (χ4v) is 7.74. The van der Waals surface area contributed by atoms with Crippen molar-refractivity contribution < 1.29 is 19.1 Å². The SMILES string of the molecule is CCC(=O)N[C@@H]1CCC[C@H]1NC(=O)C1=C2NC(=O)N(c3ccc(Oc4ccccc4)cc3C)C3CCNC(S1)C23. The van der Waals surface area contributed by atoms with Gasteiger partial charge in [-0.05, 0) is 75.0 Å². The Kier molecular flexibility index (Phi) is 7.46. The van der Waals surface area contributed by atoms with Gasteiger partial charge in [0.2, 0.25) is 5.91 Å². The summed E-state index contributed by atoms with van der Waals surface area (Å²) in [6.45, 7) is 4.57. The van der Waals surface area contributed by atoms with Crippen molar-refractivity contribution in [2.45, 2.75) is 69.5 Å². The van der Waals surface area contributed by atoms with Crippen LogP contribution in [-0.4, -0.2) is 47.9 Å². The lowest BCUT2D eigenvalue weighted by Crippen LogP contribution is -2.62. The summed E-state index contributed by atoms with van der Waals surface area (Å²) >= 11 is 1.50. The maximum Gasteiger partial charge on any atom is 0.326 e. The third kappa shape index (κ3) is 5.06. The Morgan fingerprint density at radius 1 is 1.05 bits per heavy atom. The van der Waals surface area contributed by atoms with Crippen LogP contribution in [-0.2, 0) is 9.59 Å². The van der Waals surface area contributed by atoms with Crippen molar-refractivity contribution in [2.24, 2.45) is 5.92 Å². The monoisotopic (exact) mass is 561 g/mol. The second-order valence-electron chi connectivity index (χ2n) is 10.8. The molecule has 0 radical (unpaired) electrons. The molecule has 3 unspecified atom stereocenters. The number of para-hydroxylation sites is 1. The topological polar surface area (TPSA) is 112 Å². The van der Waals surface area contributed by atoms with E-state index in [2.05, 4.69) is 21.3 Å². The van der Waals surface area contributed by atoms with Gasteiger partial charge in [0.15, 0.2) is 0 Å². The molecule has 4 amide bonds. The molecule has 1 saturated carbocycles. The predicted octanol–water partition coefficient (Wildman–Crippen LogP) is 4.14. The maximum absolute atomic E-state index is 13.6. The Morgan fingerprint density at radius 2 is 1.82 bits per heavy atom. The first-order chi connectivity index (χ1) is 19.4. The number of ether oxygens (including phenoxy) is 1. The summed E-state index contributed by atoms with van der Waals surface area (Å²) in [7, 11) is 0. The number of amides is 4. The second kappa shape index (κ2) is 11.2. The minimum Gasteiger partial charge on any atom is -0.457 e. The first-order valence-corrected chi connectivity index (χ1v) is 15.0. The maximum atomic E-state index is 13.6. The normalized spacial score (nSPS) is 27.2. The van der Waals surface area contributed by atoms with Crippen molar-refractivity contribution in [3.05, 3.63) is 64.7 Å². The number of hydrogen-bond acceptors (Lipinski definition) is 6. The van der Waals surface area contributed by atoms with Crippen molar-refractivity contribution >= 4 is 35.3 Å². The minimum absolute atomic E-state index is 0.00207. The molecule has 40 heavy (non-hydrogen) atoms. The molecule has 2 aromatic carbocycles. The number of rotatable bonds is 7. The number of urea groups is 1. The van der Waals surface area contributed by atoms with E-state index in [1.807, 2.05) is 67.3 Å². The zero-order valence-corrected chi connectivity index (χ0v) is 23.6. The van der Waals surface area contributed by atoms with Crippen LogP contribution in [0.4, 0.5) is 10.5 Å². The number of anilines is 1. The van der Waals surface area contributed by atoms with Gasteiger partial charge < -0.3 is 26.0 Å². The van der Waals surface area contributed by atoms with Crippen LogP contribution in [0, 0.1) is 12.8 Å². The highest BCUT2D eigenvalue weighted by molar-refractivity contribution is 8.04. The van der Waals surface area contributed by atoms with Crippen LogP contribution < -0.4 is 30.9 Å². The van der Waals surface area contributed by atoms with Gasteiger partial charge in [0, 0.05) is 35.8 Å². The minimum atomic E-state index is -0.224. The smallest absolute Gasteiger partial charge is 0.326 e. The Labute approximate surface area is 238 Å². The van der Waals surface area contributed by atoms with Gasteiger partial charge in [-0.15, -0.1) is 0 Å². The van der Waals surface area contributed by atoms with Crippen molar-refractivity contribution in [2.75, 3.05) is 11.4 Å². The van der Waals surface area contributed by atoms with E-state index in [1.165, 1.54) is 11.8 Å². The van der Waals surface area contributed by atoms with Gasteiger partial charge in [-0.3, -0.25) is 14.5 Å². The van der Waals surface area contributed by atoms with Crippen LogP contribution in [0.1, 0.15) is 44.6 Å². The first-order valence-electron chi connectivity index (χ1n) is 14.1. The summed E-state index contributed by atoms with van der Waals surface area (Å²) in [6.07, 6.45) is 3.83. The molecule has 6 rings (SSSR count). The molecule has 10 heteroatoms. The largest absolute Gasteiger partial charge is 0.457 e. The molecular formula is C30H35N5O4S. The van der Waals surface area contributed by atoms with E-state index in [0.29, 0.717) is 22.8 Å². The summed E-state index contributed by atoms with van der Waals surface area (Å²) in [5.74, 6) is 1.26. The first kappa shape index (κ1) is 26.7. The highest BCUT2D eigenvalue weighted by Crippen LogP contribution is 2.48. The van der Waals surface area contributed by atoms with Crippen LogP contribution in [0.15, 0.2) is 59.1 Å². The lowest BCUT2D eigenvalue weighted by molar-refractivity contribution is -0.122. The third-order valence-corrected chi connectivity index (χ3v) is 9.61. The van der Waals surface area contributed by atoms with Crippen molar-refractivity contribution in [1.82, 2.24) is 21.3 Å². The molecule has 2 saturated heterocycles. The molecule has 2 aromatic rings. The Hall–Kier alpha value is -3.50. The van der Waals surface area contributed by atoms with Crippen molar-refractivity contribution in [3.8, 4) is 11.5 Å². The molecule has 4 N–H and O–H groups in total. The number of carbonyl (C=O) groups excluding carboxylic acids is 3. The molecule has 4 aliphatic rings. The van der Waals surface area contributed by atoms with E-state index in [0.717, 1.165) is 49.2 Å². The lowest BCUT2D eigenvalue weighted by Gasteiger charge is -2.46. The van der Waals surface area contributed by atoms with Crippen LogP contribution >= 0.6 is 11.8 Å². The van der Waals surface area contributed by atoms with Gasteiger partial charge in [-0.1, -0.05) is 36.9 Å². The van der Waals surface area contributed by atoms with E-state index in [4.69, 9.17) is 4.74 Å². The van der Waals surface area contributed by atoms with Crippen LogP contribution in [0.25, 0.3) is 0 Å². The molecule has 5 atom stereocenters. The summed E-state index contributed by atoms with van der Waals surface area (Å²) in [5.41, 5.74) is 2.49. The number of piperidine rings is 1. The van der Waals surface area contributed by atoms with Crippen molar-refractivity contribution in [1.29, 1.82) is 0 Å². The molecule has 9 nitrogen and oxygen atoms in total. The van der Waals surface area contributed by atoms with Gasteiger partial charge in [-0.2, -0.15) is 0 Å². The van der Waals surface area contributed by atoms with E-state index in [1.54, 1.807) is 0 Å². The quantitative estimate of drug-likeness (QED) is 0.404. The number of hydrogen-bond donors (Lipinski definition) is 4. The molecule has 210 valence electrons. The number of nitrogens with one attached hydrogen (secondary N) is 4. The average molecular weight is 562 g/mol. The van der Waals surface area contributed by atoms with Gasteiger partial charge in [0.05, 0.1) is 16.3 Å². The number of carbonyl (C=O) groups is 3. The summed E-state index contributed by atoms with van der Waals surface area (Å²) < 4.78 is 6.00. The molecular weight excluding hydrogens is 526 g/mol. The molecule has 1 aliphatic carbocycles. The van der Waals surface area contributed by atoms with Gasteiger partial charge >= 0.3 is 6.03 Å². The standard InChI is InChI=1S/C30H35N5O4S/c1-3-24(36)32-20-10-7-11-21(20)33-28(37)27-26-25-23(14-15-31-29(25)40-27)35(30(38)34-26)22-13-12-19(16-17(22)2)39-18-8-5-4-6-9-18/h4-6,8-9,12-13,16,20-21,23,25,29,31H,3,7,10-11,14-15H2,1-2H3,(H,32,36)(H,33,37)(H,34,38)/t20-,21-,23?,25?,29?/m1/s1. The van der Waals surface area contributed by atoms with Crippen LogP contribution in [0.2, 0.25) is 0 Å². The van der Waals surface area contributed by atoms with Gasteiger partial charge in [0.25, 0.3) is 5.91 Å². The molecule has 0 bridgehead atoms. The number of nitrogens with zero attached hydrogens (tertiary/aromatic N) is 1. The summed E-state index contributed by atoms with van der Waals surface area (Å²) in [5, 5.41) is 12.9. The van der Waals surface area contributed by atoms with E-state index in [-0.39, 0.29) is 47.3 Å². The second-order valence-corrected chi connectivity index (χ2v) is 12.0. The zero-order valence-electron chi connectivity index (χ0n) is 22.7. The Morgan fingerprint density at radius 3 is 2.58 bits per heavy atom. The lowest BCUT2D eigenvalue weighted by atomic mass is 9.86. The fraction of sp³-hybridized carbons (Fsp3) is 0.433. The van der Waals surface area contributed by atoms with Crippen LogP contribution in [0.5, 0.6) is 11.5 Å². The van der Waals surface area contributed by atoms with Gasteiger partial charge in [0.1, 0.15) is 11.5 Å². The predicted molar refractivity (Wildman–Crippen MR) is 155 cm³/mol. The van der Waals surface area contributed by atoms with E-state index < -0.39 is 0 Å². The van der Waals surface area contributed by atoms with Crippen LogP contribution in [0.3, 0.4) is 0 Å². The highest BCUT2D eigenvalue weighted by Gasteiger charge is 2.52. The number of benzene rings is 2.